The number of imide groups is 1. The molecule has 0 radical (unpaired) electrons. The van der Waals surface area contributed by atoms with Gasteiger partial charge in [0.15, 0.2) is 0 Å². The van der Waals surface area contributed by atoms with Crippen LogP contribution in [0.4, 0.5) is 0 Å². The maximum Gasteiger partial charge on any atom is 0.253 e. The van der Waals surface area contributed by atoms with E-state index in [2.05, 4.69) is 4.72 Å². The second-order valence-corrected chi connectivity index (χ2v) is 4.31. The third-order valence-electron chi connectivity index (χ3n) is 2.40. The molecular weight excluding hydrogens is 240 g/mol. The normalized spacial score (nSPS) is 14.5. The second-order valence-electron chi connectivity index (χ2n) is 3.70. The molecule has 94 valence electrons. The van der Waals surface area contributed by atoms with Gasteiger partial charge in [0.05, 0.1) is 0 Å². The first-order chi connectivity index (χ1) is 8.15. The Labute approximate surface area is 105 Å². The van der Waals surface area contributed by atoms with Gasteiger partial charge in [-0.2, -0.15) is 0 Å². The number of nitrogens with zero attached hydrogens (tertiary/aromatic N) is 1. The van der Waals surface area contributed by atoms with Crippen molar-refractivity contribution < 1.29 is 14.4 Å². The molecule has 0 aromatic rings. The van der Waals surface area contributed by atoms with Crippen LogP contribution in [0.25, 0.3) is 0 Å². The number of hydrogen-bond donors (Lipinski definition) is 1. The SMILES string of the molecule is CSNC(=O)CCCCCN1C(=O)C=CC1=O. The second kappa shape index (κ2) is 7.11. The Bertz CT molecular complexity index is 324. The summed E-state index contributed by atoms with van der Waals surface area (Å²) in [5, 5.41) is 0. The van der Waals surface area contributed by atoms with Gasteiger partial charge in [-0.15, -0.1) is 0 Å². The Morgan fingerprint density at radius 3 is 2.47 bits per heavy atom. The zero-order valence-corrected chi connectivity index (χ0v) is 10.6. The highest BCUT2D eigenvalue weighted by Crippen LogP contribution is 2.07. The monoisotopic (exact) mass is 256 g/mol. The highest BCUT2D eigenvalue weighted by Gasteiger charge is 2.22. The van der Waals surface area contributed by atoms with E-state index in [0.717, 1.165) is 19.3 Å². The summed E-state index contributed by atoms with van der Waals surface area (Å²) in [4.78, 5) is 34.7. The first kappa shape index (κ1) is 13.8. The molecule has 0 bridgehead atoms. The van der Waals surface area contributed by atoms with Crippen molar-refractivity contribution in [1.29, 1.82) is 0 Å². The van der Waals surface area contributed by atoms with Gasteiger partial charge in [0, 0.05) is 31.4 Å². The van der Waals surface area contributed by atoms with Gasteiger partial charge in [-0.1, -0.05) is 18.4 Å². The lowest BCUT2D eigenvalue weighted by molar-refractivity contribution is -0.136. The number of unbranched alkanes of at least 4 members (excludes halogenated alkanes) is 2. The van der Waals surface area contributed by atoms with Gasteiger partial charge in [0.1, 0.15) is 0 Å². The van der Waals surface area contributed by atoms with Crippen LogP contribution in [-0.4, -0.2) is 35.4 Å². The van der Waals surface area contributed by atoms with Crippen molar-refractivity contribution >= 4 is 29.7 Å². The Hall–Kier alpha value is -1.30. The van der Waals surface area contributed by atoms with Gasteiger partial charge < -0.3 is 4.72 Å². The highest BCUT2D eigenvalue weighted by molar-refractivity contribution is 7.97. The van der Waals surface area contributed by atoms with Gasteiger partial charge in [0.2, 0.25) is 5.91 Å². The summed E-state index contributed by atoms with van der Waals surface area (Å²) in [5.41, 5.74) is 0. The van der Waals surface area contributed by atoms with E-state index in [4.69, 9.17) is 0 Å². The molecule has 17 heavy (non-hydrogen) atoms. The third kappa shape index (κ3) is 4.60. The van der Waals surface area contributed by atoms with E-state index in [0.29, 0.717) is 13.0 Å². The van der Waals surface area contributed by atoms with Crippen molar-refractivity contribution in [3.63, 3.8) is 0 Å². The molecule has 0 saturated heterocycles. The molecule has 0 atom stereocenters. The standard InChI is InChI=1S/C11H16N2O3S/c1-17-12-9(14)5-3-2-4-8-13-10(15)6-7-11(13)16/h6-7H,2-5,8H2,1H3,(H,12,14). The topological polar surface area (TPSA) is 66.5 Å². The number of carbonyl (C=O) groups excluding carboxylic acids is 3. The minimum Gasteiger partial charge on any atom is -0.300 e. The predicted molar refractivity (Wildman–Crippen MR) is 66.0 cm³/mol. The molecule has 0 fully saturated rings. The molecule has 0 aliphatic carbocycles. The molecule has 0 saturated carbocycles. The summed E-state index contributed by atoms with van der Waals surface area (Å²) in [6.07, 6.45) is 7.21. The molecule has 0 aromatic carbocycles. The largest absolute Gasteiger partial charge is 0.300 e. The summed E-state index contributed by atoms with van der Waals surface area (Å²) in [6, 6.07) is 0. The zero-order chi connectivity index (χ0) is 12.7. The fourth-order valence-corrected chi connectivity index (χ4v) is 1.88. The molecule has 1 aliphatic rings. The van der Waals surface area contributed by atoms with Crippen LogP contribution >= 0.6 is 11.9 Å². The Kier molecular flexibility index (Phi) is 5.76. The smallest absolute Gasteiger partial charge is 0.253 e. The summed E-state index contributed by atoms with van der Waals surface area (Å²) in [5.74, 6) is -0.460. The van der Waals surface area contributed by atoms with Crippen molar-refractivity contribution in [2.75, 3.05) is 12.8 Å². The van der Waals surface area contributed by atoms with Gasteiger partial charge >= 0.3 is 0 Å². The maximum absolute atomic E-state index is 11.2. The minimum atomic E-state index is -0.241. The molecule has 0 spiro atoms. The zero-order valence-electron chi connectivity index (χ0n) is 9.77. The summed E-state index contributed by atoms with van der Waals surface area (Å²) in [6.45, 7) is 0.439. The van der Waals surface area contributed by atoms with E-state index < -0.39 is 0 Å². The minimum absolute atomic E-state index is 0.0208. The molecule has 1 heterocycles. The maximum atomic E-state index is 11.2. The van der Waals surface area contributed by atoms with Gasteiger partial charge in [-0.3, -0.25) is 19.3 Å². The molecule has 5 nitrogen and oxygen atoms in total. The van der Waals surface area contributed by atoms with Crippen LogP contribution < -0.4 is 4.72 Å². The van der Waals surface area contributed by atoms with E-state index in [9.17, 15) is 14.4 Å². The number of nitrogens with one attached hydrogen (secondary N) is 1. The van der Waals surface area contributed by atoms with Crippen LogP contribution in [0.2, 0.25) is 0 Å². The first-order valence-corrected chi connectivity index (χ1v) is 6.73. The molecule has 1 aliphatic heterocycles. The Morgan fingerprint density at radius 2 is 1.88 bits per heavy atom. The lowest BCUT2D eigenvalue weighted by Crippen LogP contribution is -2.30. The average molecular weight is 256 g/mol. The average Bonchev–Trinajstić information content (AvgIpc) is 2.60. The lowest BCUT2D eigenvalue weighted by Gasteiger charge is -2.12. The van der Waals surface area contributed by atoms with E-state index in [-0.39, 0.29) is 17.7 Å². The van der Waals surface area contributed by atoms with E-state index in [1.165, 1.54) is 29.0 Å². The van der Waals surface area contributed by atoms with E-state index in [1.54, 1.807) is 6.26 Å². The molecule has 1 N–H and O–H groups in total. The number of amides is 3. The van der Waals surface area contributed by atoms with Crippen LogP contribution in [0.1, 0.15) is 25.7 Å². The van der Waals surface area contributed by atoms with Crippen molar-refractivity contribution in [3.8, 4) is 0 Å². The summed E-state index contributed by atoms with van der Waals surface area (Å²) >= 11 is 1.29. The number of carbonyl (C=O) groups is 3. The van der Waals surface area contributed by atoms with Crippen molar-refractivity contribution in [1.82, 2.24) is 9.62 Å². The molecule has 3 amide bonds. The molecule has 6 heteroatoms. The van der Waals surface area contributed by atoms with Crippen molar-refractivity contribution in [2.24, 2.45) is 0 Å². The van der Waals surface area contributed by atoms with Crippen molar-refractivity contribution in [2.45, 2.75) is 25.7 Å². The summed E-state index contributed by atoms with van der Waals surface area (Å²) < 4.78 is 2.64. The Morgan fingerprint density at radius 1 is 1.24 bits per heavy atom. The summed E-state index contributed by atoms with van der Waals surface area (Å²) in [7, 11) is 0. The highest BCUT2D eigenvalue weighted by atomic mass is 32.2. The fraction of sp³-hybridized carbons (Fsp3) is 0.545. The van der Waals surface area contributed by atoms with Crippen molar-refractivity contribution in [3.05, 3.63) is 12.2 Å². The first-order valence-electron chi connectivity index (χ1n) is 5.50. The van der Waals surface area contributed by atoms with Crippen LogP contribution in [0, 0.1) is 0 Å². The third-order valence-corrected chi connectivity index (χ3v) is 2.83. The van der Waals surface area contributed by atoms with Crippen LogP contribution in [0.3, 0.4) is 0 Å². The van der Waals surface area contributed by atoms with E-state index in [1.807, 2.05) is 0 Å². The molecular formula is C11H16N2O3S. The number of hydrogen-bond acceptors (Lipinski definition) is 4. The quantitative estimate of drug-likeness (QED) is 0.417. The fourth-order valence-electron chi connectivity index (χ4n) is 1.55. The van der Waals surface area contributed by atoms with Gasteiger partial charge in [0.25, 0.3) is 11.8 Å². The number of rotatable bonds is 7. The Balaban J connectivity index is 2.07. The molecule has 0 aromatic heterocycles. The van der Waals surface area contributed by atoms with Crippen LogP contribution in [0.15, 0.2) is 12.2 Å². The van der Waals surface area contributed by atoms with Gasteiger partial charge in [-0.25, -0.2) is 0 Å². The van der Waals surface area contributed by atoms with Crippen LogP contribution in [-0.2, 0) is 14.4 Å². The molecule has 0 unspecified atom stereocenters. The van der Waals surface area contributed by atoms with E-state index >= 15 is 0 Å². The van der Waals surface area contributed by atoms with Gasteiger partial charge in [-0.05, 0) is 12.8 Å². The molecule has 1 rings (SSSR count). The predicted octanol–water partition coefficient (Wildman–Crippen LogP) is 0.866. The van der Waals surface area contributed by atoms with Crippen LogP contribution in [0.5, 0.6) is 0 Å². The lowest BCUT2D eigenvalue weighted by atomic mass is 10.2.